The zero-order valence-corrected chi connectivity index (χ0v) is 10.0. The second kappa shape index (κ2) is 4.53. The van der Waals surface area contributed by atoms with Crippen molar-refractivity contribution in [2.75, 3.05) is 11.5 Å². The maximum Gasteiger partial charge on any atom is 0.213 e. The van der Waals surface area contributed by atoms with E-state index in [1.165, 1.54) is 24.3 Å². The van der Waals surface area contributed by atoms with Crippen molar-refractivity contribution in [2.45, 2.75) is 32.9 Å². The van der Waals surface area contributed by atoms with Crippen LogP contribution in [0.3, 0.4) is 0 Å². The average Bonchev–Trinajstić information content (AvgIpc) is 2.68. The van der Waals surface area contributed by atoms with Gasteiger partial charge in [-0.15, -0.1) is 0 Å². The van der Waals surface area contributed by atoms with Crippen molar-refractivity contribution in [3.05, 3.63) is 12.2 Å². The molecule has 15 heavy (non-hydrogen) atoms. The number of nitrogens with one attached hydrogen (secondary N) is 1. The number of hydrogen-bond acceptors (Lipinski definition) is 5. The number of hydrogen-bond donors (Lipinski definition) is 1. The monoisotopic (exact) mass is 227 g/mol. The molecule has 5 heteroatoms. The smallest absolute Gasteiger partial charge is 0.213 e. The van der Waals surface area contributed by atoms with Crippen LogP contribution in [0.4, 0.5) is 0 Å². The highest BCUT2D eigenvalue weighted by atomic mass is 32.2. The van der Waals surface area contributed by atoms with E-state index in [0.29, 0.717) is 18.0 Å². The Hall–Kier alpha value is -0.550. The second-order valence-corrected chi connectivity index (χ2v) is 5.74. The molecule has 0 aliphatic carbocycles. The first-order valence-electron chi connectivity index (χ1n) is 5.25. The molecule has 0 saturated carbocycles. The molecule has 1 atom stereocenters. The SMILES string of the molecule is CC1(C)CCSCC1NCc1ncon1. The van der Waals surface area contributed by atoms with Crippen LogP contribution in [0.1, 0.15) is 26.1 Å². The Bertz CT molecular complexity index is 300. The maximum atomic E-state index is 4.70. The lowest BCUT2D eigenvalue weighted by atomic mass is 9.82. The zero-order valence-electron chi connectivity index (χ0n) is 9.19. The minimum atomic E-state index is 0.370. The second-order valence-electron chi connectivity index (χ2n) is 4.59. The number of thioether (sulfide) groups is 1. The summed E-state index contributed by atoms with van der Waals surface area (Å²) in [6, 6.07) is 0.537. The summed E-state index contributed by atoms with van der Waals surface area (Å²) in [7, 11) is 0. The van der Waals surface area contributed by atoms with Crippen LogP contribution in [0.2, 0.25) is 0 Å². The molecule has 1 N–H and O–H groups in total. The van der Waals surface area contributed by atoms with Crippen LogP contribution in [0, 0.1) is 5.41 Å². The van der Waals surface area contributed by atoms with Crippen LogP contribution < -0.4 is 5.32 Å². The summed E-state index contributed by atoms with van der Waals surface area (Å²) in [6.07, 6.45) is 2.64. The van der Waals surface area contributed by atoms with Gasteiger partial charge in [-0.25, -0.2) is 0 Å². The molecule has 2 rings (SSSR count). The molecule has 1 saturated heterocycles. The van der Waals surface area contributed by atoms with Gasteiger partial charge in [0.05, 0.1) is 6.54 Å². The molecule has 1 aliphatic rings. The fourth-order valence-corrected chi connectivity index (χ4v) is 3.40. The van der Waals surface area contributed by atoms with Crippen molar-refractivity contribution in [1.82, 2.24) is 15.5 Å². The van der Waals surface area contributed by atoms with Crippen molar-refractivity contribution < 1.29 is 4.52 Å². The van der Waals surface area contributed by atoms with Gasteiger partial charge in [0.1, 0.15) is 0 Å². The van der Waals surface area contributed by atoms with E-state index < -0.39 is 0 Å². The average molecular weight is 227 g/mol. The molecule has 1 unspecified atom stereocenters. The molecule has 1 aromatic rings. The standard InChI is InChI=1S/C10H17N3OS/c1-10(2)3-4-15-6-8(10)11-5-9-12-7-14-13-9/h7-8,11H,3-6H2,1-2H3. The lowest BCUT2D eigenvalue weighted by molar-refractivity contribution is 0.242. The van der Waals surface area contributed by atoms with Gasteiger partial charge in [0, 0.05) is 11.8 Å². The van der Waals surface area contributed by atoms with Crippen molar-refractivity contribution in [2.24, 2.45) is 5.41 Å². The van der Waals surface area contributed by atoms with Gasteiger partial charge in [0.25, 0.3) is 0 Å². The zero-order chi connectivity index (χ0) is 10.7. The van der Waals surface area contributed by atoms with Crippen LogP contribution in [0.15, 0.2) is 10.9 Å². The molecule has 0 spiro atoms. The summed E-state index contributed by atoms with van der Waals surface area (Å²) >= 11 is 2.02. The third-order valence-electron chi connectivity index (χ3n) is 3.03. The predicted molar refractivity (Wildman–Crippen MR) is 60.6 cm³/mol. The van der Waals surface area contributed by atoms with Crippen LogP contribution in [0.25, 0.3) is 0 Å². The van der Waals surface area contributed by atoms with Crippen molar-refractivity contribution in [3.63, 3.8) is 0 Å². The Kier molecular flexibility index (Phi) is 3.31. The quantitative estimate of drug-likeness (QED) is 0.851. The summed E-state index contributed by atoms with van der Waals surface area (Å²) in [5.74, 6) is 3.18. The van der Waals surface area contributed by atoms with E-state index in [1.807, 2.05) is 11.8 Å². The minimum absolute atomic E-state index is 0.370. The minimum Gasteiger partial charge on any atom is -0.343 e. The molecular weight excluding hydrogens is 210 g/mol. The van der Waals surface area contributed by atoms with E-state index >= 15 is 0 Å². The molecule has 1 fully saturated rings. The van der Waals surface area contributed by atoms with Crippen molar-refractivity contribution in [3.8, 4) is 0 Å². The highest BCUT2D eigenvalue weighted by molar-refractivity contribution is 7.99. The first-order valence-corrected chi connectivity index (χ1v) is 6.40. The summed E-state index contributed by atoms with van der Waals surface area (Å²) in [6.45, 7) is 5.34. The lowest BCUT2D eigenvalue weighted by Crippen LogP contribution is -2.46. The van der Waals surface area contributed by atoms with Gasteiger partial charge in [-0.05, 0) is 17.6 Å². The van der Waals surface area contributed by atoms with Gasteiger partial charge in [-0.1, -0.05) is 19.0 Å². The molecule has 1 aliphatic heterocycles. The predicted octanol–water partition coefficient (Wildman–Crippen LogP) is 1.69. The Morgan fingerprint density at radius 1 is 1.67 bits per heavy atom. The summed E-state index contributed by atoms with van der Waals surface area (Å²) in [5.41, 5.74) is 0.370. The number of nitrogens with zero attached hydrogens (tertiary/aromatic N) is 2. The maximum absolute atomic E-state index is 4.70. The van der Waals surface area contributed by atoms with Crippen LogP contribution in [0.5, 0.6) is 0 Å². The van der Waals surface area contributed by atoms with Gasteiger partial charge in [-0.3, -0.25) is 0 Å². The third-order valence-corrected chi connectivity index (χ3v) is 4.09. The molecule has 0 radical (unpaired) electrons. The molecule has 84 valence electrons. The number of aromatic nitrogens is 2. The first kappa shape index (κ1) is 11.0. The third kappa shape index (κ3) is 2.72. The van der Waals surface area contributed by atoms with E-state index in [0.717, 1.165) is 5.82 Å². The molecule has 4 nitrogen and oxygen atoms in total. The summed E-state index contributed by atoms with van der Waals surface area (Å²) in [4.78, 5) is 4.00. The van der Waals surface area contributed by atoms with E-state index in [1.54, 1.807) is 0 Å². The first-order chi connectivity index (χ1) is 7.18. The Morgan fingerprint density at radius 2 is 2.53 bits per heavy atom. The largest absolute Gasteiger partial charge is 0.343 e. The van der Waals surface area contributed by atoms with E-state index in [-0.39, 0.29) is 0 Å². The molecule has 1 aromatic heterocycles. The Morgan fingerprint density at radius 3 is 3.20 bits per heavy atom. The van der Waals surface area contributed by atoms with Crippen molar-refractivity contribution >= 4 is 11.8 Å². The van der Waals surface area contributed by atoms with Crippen LogP contribution in [-0.2, 0) is 6.54 Å². The van der Waals surface area contributed by atoms with Gasteiger partial charge < -0.3 is 9.84 Å². The van der Waals surface area contributed by atoms with Gasteiger partial charge in [0.2, 0.25) is 6.39 Å². The number of rotatable bonds is 3. The topological polar surface area (TPSA) is 51.0 Å². The van der Waals surface area contributed by atoms with Gasteiger partial charge in [-0.2, -0.15) is 16.7 Å². The normalized spacial score (nSPS) is 25.3. The van der Waals surface area contributed by atoms with Gasteiger partial charge >= 0.3 is 0 Å². The molecular formula is C10H17N3OS. The lowest BCUT2D eigenvalue weighted by Gasteiger charge is -2.38. The Labute approximate surface area is 94.2 Å². The van der Waals surface area contributed by atoms with Gasteiger partial charge in [0.15, 0.2) is 5.82 Å². The Balaban J connectivity index is 1.88. The molecule has 0 amide bonds. The van der Waals surface area contributed by atoms with E-state index in [4.69, 9.17) is 4.52 Å². The van der Waals surface area contributed by atoms with E-state index in [2.05, 4.69) is 29.3 Å². The summed E-state index contributed by atoms with van der Waals surface area (Å²) in [5, 5.41) is 7.30. The molecule has 2 heterocycles. The summed E-state index contributed by atoms with van der Waals surface area (Å²) < 4.78 is 4.70. The van der Waals surface area contributed by atoms with Crippen molar-refractivity contribution in [1.29, 1.82) is 0 Å². The molecule has 0 bridgehead atoms. The van der Waals surface area contributed by atoms with Crippen LogP contribution >= 0.6 is 11.8 Å². The van der Waals surface area contributed by atoms with E-state index in [9.17, 15) is 0 Å². The highest BCUT2D eigenvalue weighted by Crippen LogP contribution is 2.34. The van der Waals surface area contributed by atoms with Crippen LogP contribution in [-0.4, -0.2) is 27.7 Å². The highest BCUT2D eigenvalue weighted by Gasteiger charge is 2.32. The fraction of sp³-hybridized carbons (Fsp3) is 0.800. The molecule has 0 aromatic carbocycles. The fourth-order valence-electron chi connectivity index (χ4n) is 1.76.